The van der Waals surface area contributed by atoms with Crippen molar-refractivity contribution in [3.05, 3.63) is 34.0 Å². The number of amides is 1. The summed E-state index contributed by atoms with van der Waals surface area (Å²) < 4.78 is 5.04. The number of benzene rings is 1. The minimum atomic E-state index is -1.24. The number of aromatic amines is 1. The molecule has 0 saturated heterocycles. The van der Waals surface area contributed by atoms with Crippen LogP contribution in [0.5, 0.6) is 5.75 Å². The summed E-state index contributed by atoms with van der Waals surface area (Å²) in [7, 11) is 0. The number of aromatic nitrogens is 3. The number of hydrogen-bond donors (Lipinski definition) is 3. The van der Waals surface area contributed by atoms with E-state index in [4.69, 9.17) is 15.6 Å². The molecule has 0 aliphatic rings. The third-order valence-corrected chi connectivity index (χ3v) is 2.56. The zero-order valence-electron chi connectivity index (χ0n) is 10.8. The maximum atomic E-state index is 11.3. The Labute approximate surface area is 121 Å². The van der Waals surface area contributed by atoms with Crippen molar-refractivity contribution in [2.24, 2.45) is 5.73 Å². The SMILES string of the molecule is NC(=O)c1n[nH]nc1-c1cc([N+](=O)[O-])ccc1OCC(=O)O. The molecule has 1 aromatic carbocycles. The highest BCUT2D eigenvalue weighted by molar-refractivity contribution is 5.97. The van der Waals surface area contributed by atoms with Crippen molar-refractivity contribution in [2.75, 3.05) is 6.61 Å². The molecule has 22 heavy (non-hydrogen) atoms. The standard InChI is InChI=1S/C11H9N5O6/c12-11(19)10-9(13-15-14-10)6-3-5(16(20)21)1-2-7(6)22-4-8(17)18/h1-3H,4H2,(H2,12,19)(H,17,18)(H,13,14,15). The Kier molecular flexibility index (Phi) is 3.97. The van der Waals surface area contributed by atoms with Gasteiger partial charge in [-0.05, 0) is 6.07 Å². The number of carbonyl (C=O) groups excluding carboxylic acids is 1. The van der Waals surface area contributed by atoms with Crippen molar-refractivity contribution >= 4 is 17.6 Å². The fourth-order valence-corrected chi connectivity index (χ4v) is 1.67. The van der Waals surface area contributed by atoms with Crippen molar-refractivity contribution in [3.63, 3.8) is 0 Å². The molecule has 4 N–H and O–H groups in total. The molecule has 0 fully saturated rings. The molecule has 1 aromatic heterocycles. The van der Waals surface area contributed by atoms with Crippen LogP contribution in [0.15, 0.2) is 18.2 Å². The van der Waals surface area contributed by atoms with Gasteiger partial charge in [-0.15, -0.1) is 0 Å². The van der Waals surface area contributed by atoms with E-state index in [1.54, 1.807) is 0 Å². The van der Waals surface area contributed by atoms with E-state index in [9.17, 15) is 19.7 Å². The third-order valence-electron chi connectivity index (χ3n) is 2.56. The summed E-state index contributed by atoms with van der Waals surface area (Å²) in [4.78, 5) is 32.1. The summed E-state index contributed by atoms with van der Waals surface area (Å²) in [5.41, 5.74) is 4.54. The summed E-state index contributed by atoms with van der Waals surface area (Å²) in [6.45, 7) is -0.672. The van der Waals surface area contributed by atoms with Crippen molar-refractivity contribution < 1.29 is 24.4 Å². The van der Waals surface area contributed by atoms with E-state index in [1.165, 1.54) is 6.07 Å². The third kappa shape index (κ3) is 2.98. The molecule has 114 valence electrons. The average Bonchev–Trinajstić information content (AvgIpc) is 2.94. The van der Waals surface area contributed by atoms with Crippen molar-refractivity contribution in [3.8, 4) is 17.0 Å². The minimum absolute atomic E-state index is 0.00981. The van der Waals surface area contributed by atoms with E-state index in [-0.39, 0.29) is 28.4 Å². The van der Waals surface area contributed by atoms with Crippen LogP contribution in [-0.4, -0.2) is 43.9 Å². The minimum Gasteiger partial charge on any atom is -0.481 e. The molecular weight excluding hydrogens is 298 g/mol. The number of nitro benzene ring substituents is 1. The van der Waals surface area contributed by atoms with Gasteiger partial charge in [-0.25, -0.2) is 4.79 Å². The van der Waals surface area contributed by atoms with Crippen LogP contribution < -0.4 is 10.5 Å². The molecule has 0 radical (unpaired) electrons. The number of non-ortho nitro benzene ring substituents is 1. The van der Waals surface area contributed by atoms with Gasteiger partial charge in [0.2, 0.25) is 0 Å². The van der Waals surface area contributed by atoms with Gasteiger partial charge in [-0.3, -0.25) is 14.9 Å². The molecule has 11 heteroatoms. The predicted molar refractivity (Wildman–Crippen MR) is 70.1 cm³/mol. The molecule has 1 amide bonds. The average molecular weight is 307 g/mol. The van der Waals surface area contributed by atoms with Crippen molar-refractivity contribution in [1.82, 2.24) is 15.4 Å². The largest absolute Gasteiger partial charge is 0.481 e. The normalized spacial score (nSPS) is 10.2. The smallest absolute Gasteiger partial charge is 0.341 e. The van der Waals surface area contributed by atoms with Crippen molar-refractivity contribution in [1.29, 1.82) is 0 Å². The summed E-state index contributed by atoms with van der Waals surface area (Å²) in [6.07, 6.45) is 0. The highest BCUT2D eigenvalue weighted by Crippen LogP contribution is 2.33. The monoisotopic (exact) mass is 307 g/mol. The number of carboxylic acid groups (broad SMARTS) is 1. The van der Waals surface area contributed by atoms with Crippen LogP contribution in [0.1, 0.15) is 10.5 Å². The summed E-state index contributed by atoms with van der Waals surface area (Å²) in [5.74, 6) is -2.15. The second-order valence-electron chi connectivity index (χ2n) is 4.01. The second kappa shape index (κ2) is 5.87. The first kappa shape index (κ1) is 14.9. The molecule has 0 aliphatic carbocycles. The van der Waals surface area contributed by atoms with Crippen LogP contribution in [0.25, 0.3) is 11.3 Å². The fourth-order valence-electron chi connectivity index (χ4n) is 1.67. The topological polar surface area (TPSA) is 174 Å². The number of hydrogen-bond acceptors (Lipinski definition) is 7. The Hall–Kier alpha value is -3.50. The number of ether oxygens (including phenoxy) is 1. The van der Waals surface area contributed by atoms with Gasteiger partial charge in [0, 0.05) is 12.1 Å². The van der Waals surface area contributed by atoms with Gasteiger partial charge in [-0.2, -0.15) is 15.4 Å². The molecule has 1 heterocycles. The molecular formula is C11H9N5O6. The van der Waals surface area contributed by atoms with Crippen LogP contribution in [0.4, 0.5) is 5.69 Å². The highest BCUT2D eigenvalue weighted by atomic mass is 16.6. The number of aliphatic carboxylic acids is 1. The number of primary amides is 1. The number of H-pyrrole nitrogens is 1. The maximum absolute atomic E-state index is 11.3. The molecule has 2 aromatic rings. The van der Waals surface area contributed by atoms with Crippen molar-refractivity contribution in [2.45, 2.75) is 0 Å². The van der Waals surface area contributed by atoms with E-state index in [1.807, 2.05) is 0 Å². The van der Waals surface area contributed by atoms with E-state index in [0.29, 0.717) is 0 Å². The Balaban J connectivity index is 2.56. The van der Waals surface area contributed by atoms with E-state index in [2.05, 4.69) is 15.4 Å². The molecule has 0 aliphatic heterocycles. The zero-order chi connectivity index (χ0) is 16.3. The molecule has 0 unspecified atom stereocenters. The lowest BCUT2D eigenvalue weighted by atomic mass is 10.1. The van der Waals surface area contributed by atoms with Gasteiger partial charge in [0.15, 0.2) is 12.3 Å². The first-order valence-electron chi connectivity index (χ1n) is 5.74. The Bertz CT molecular complexity index is 755. The quantitative estimate of drug-likeness (QED) is 0.491. The number of nitrogens with one attached hydrogen (secondary N) is 1. The Morgan fingerprint density at radius 3 is 2.73 bits per heavy atom. The van der Waals surface area contributed by atoms with Crippen LogP contribution >= 0.6 is 0 Å². The molecule has 0 spiro atoms. The van der Waals surface area contributed by atoms with Gasteiger partial charge in [0.1, 0.15) is 11.4 Å². The van der Waals surface area contributed by atoms with Gasteiger partial charge in [-0.1, -0.05) is 0 Å². The first-order valence-corrected chi connectivity index (χ1v) is 5.74. The Morgan fingerprint density at radius 2 is 2.14 bits per heavy atom. The van der Waals surface area contributed by atoms with Gasteiger partial charge in [0.25, 0.3) is 11.6 Å². The van der Waals surface area contributed by atoms with Crippen LogP contribution in [0.2, 0.25) is 0 Å². The number of nitrogens with two attached hydrogens (primary N) is 1. The first-order chi connectivity index (χ1) is 10.4. The maximum Gasteiger partial charge on any atom is 0.341 e. The summed E-state index contributed by atoms with van der Waals surface area (Å²) in [5, 5.41) is 28.9. The van der Waals surface area contributed by atoms with Crippen LogP contribution in [0, 0.1) is 10.1 Å². The number of carboxylic acids is 1. The van der Waals surface area contributed by atoms with E-state index < -0.39 is 23.4 Å². The second-order valence-corrected chi connectivity index (χ2v) is 4.01. The van der Waals surface area contributed by atoms with Gasteiger partial charge >= 0.3 is 5.97 Å². The fraction of sp³-hybridized carbons (Fsp3) is 0.0909. The molecule has 0 bridgehead atoms. The van der Waals surface area contributed by atoms with Crippen LogP contribution in [-0.2, 0) is 4.79 Å². The zero-order valence-corrected chi connectivity index (χ0v) is 10.8. The number of carbonyl (C=O) groups is 2. The molecule has 0 atom stereocenters. The lowest BCUT2D eigenvalue weighted by molar-refractivity contribution is -0.384. The van der Waals surface area contributed by atoms with Gasteiger partial charge < -0.3 is 15.6 Å². The number of rotatable bonds is 6. The number of nitro groups is 1. The predicted octanol–water partition coefficient (Wildman–Crippen LogP) is -0.0578. The summed E-state index contributed by atoms with van der Waals surface area (Å²) >= 11 is 0. The molecule has 2 rings (SSSR count). The highest BCUT2D eigenvalue weighted by Gasteiger charge is 2.22. The van der Waals surface area contributed by atoms with Gasteiger partial charge in [0.05, 0.1) is 10.5 Å². The lowest BCUT2D eigenvalue weighted by Crippen LogP contribution is -2.13. The lowest BCUT2D eigenvalue weighted by Gasteiger charge is -2.08. The number of nitrogens with zero attached hydrogens (tertiary/aromatic N) is 3. The molecule has 11 nitrogen and oxygen atoms in total. The van der Waals surface area contributed by atoms with Crippen LogP contribution in [0.3, 0.4) is 0 Å². The molecule has 0 saturated carbocycles. The Morgan fingerprint density at radius 1 is 1.41 bits per heavy atom. The summed E-state index contributed by atoms with van der Waals surface area (Å²) in [6, 6.07) is 3.42. The van der Waals surface area contributed by atoms with E-state index in [0.717, 1.165) is 12.1 Å². The van der Waals surface area contributed by atoms with E-state index >= 15 is 0 Å².